The number of anilines is 1. The number of carboxylic acid groups (broad SMARTS) is 1. The Hall–Kier alpha value is -6.36. The number of carbonyl (C=O) groups is 5. The van der Waals surface area contributed by atoms with Crippen molar-refractivity contribution in [1.82, 2.24) is 25.3 Å². The number of hydrogen-bond donors (Lipinski definition) is 9. The zero-order valence-corrected chi connectivity index (χ0v) is 29.7. The number of phenols is 4. The quantitative estimate of drug-likeness (QED) is 0.0947. The number of carboxylic acids is 1. The third-order valence-electron chi connectivity index (χ3n) is 9.67. The number of piperidine rings is 1. The lowest BCUT2D eigenvalue weighted by atomic mass is 9.72. The van der Waals surface area contributed by atoms with Crippen LogP contribution in [0, 0.1) is 23.3 Å². The Morgan fingerprint density at radius 1 is 0.895 bits per heavy atom. The number of nitrogens with zero attached hydrogens (tertiary/aromatic N) is 3. The van der Waals surface area contributed by atoms with Gasteiger partial charge >= 0.3 is 31.2 Å². The number of fused-ring (bicyclic) bond motifs is 1. The van der Waals surface area contributed by atoms with Crippen LogP contribution in [0.2, 0.25) is 5.02 Å². The molecule has 3 aliphatic rings. The summed E-state index contributed by atoms with van der Waals surface area (Å²) >= 11 is 6.16. The molecule has 2 saturated heterocycles. The van der Waals surface area contributed by atoms with Gasteiger partial charge in [-0.15, -0.1) is 0 Å². The predicted octanol–water partition coefficient (Wildman–Crippen LogP) is 2.74. The van der Waals surface area contributed by atoms with Crippen molar-refractivity contribution in [2.24, 2.45) is 0 Å². The average Bonchev–Trinajstić information content (AvgIpc) is 3.56. The number of phenolic OH excluding ortho intramolecular Hbond substituents is 4. The number of hydrogen-bond acceptors (Lipinski definition) is 11. The van der Waals surface area contributed by atoms with Gasteiger partial charge in [0, 0.05) is 43.9 Å². The van der Waals surface area contributed by atoms with E-state index in [1.54, 1.807) is 0 Å². The predicted molar refractivity (Wildman–Crippen MR) is 186 cm³/mol. The molecule has 0 bridgehead atoms. The molecule has 24 heteroatoms. The molecule has 1 unspecified atom stereocenters. The molecule has 18 nitrogen and oxygen atoms in total. The van der Waals surface area contributed by atoms with E-state index in [-0.39, 0.29) is 51.0 Å². The van der Waals surface area contributed by atoms with Crippen LogP contribution in [-0.2, 0) is 11.2 Å². The van der Waals surface area contributed by atoms with Crippen LogP contribution in [0.15, 0.2) is 24.3 Å². The Kier molecular flexibility index (Phi) is 11.1. The number of carbonyl (C=O) groups excluding carboxylic acids is 4. The van der Waals surface area contributed by atoms with Gasteiger partial charge in [0.05, 0.1) is 16.7 Å². The highest BCUT2D eigenvalue weighted by Crippen LogP contribution is 2.41. The van der Waals surface area contributed by atoms with Gasteiger partial charge in [0.15, 0.2) is 34.6 Å². The number of urea groups is 3. The van der Waals surface area contributed by atoms with Crippen molar-refractivity contribution >= 4 is 54.4 Å². The minimum Gasteiger partial charge on any atom is -0.534 e. The number of imide groups is 1. The van der Waals surface area contributed by atoms with Gasteiger partial charge in [-0.25, -0.2) is 37.2 Å². The van der Waals surface area contributed by atoms with Crippen molar-refractivity contribution in [3.8, 4) is 28.7 Å². The minimum atomic E-state index is -2.03. The Morgan fingerprint density at radius 2 is 1.58 bits per heavy atom. The second-order valence-electron chi connectivity index (χ2n) is 13.1. The van der Waals surface area contributed by atoms with Crippen molar-refractivity contribution in [1.29, 1.82) is 0 Å². The molecule has 6 rings (SSSR count). The van der Waals surface area contributed by atoms with Crippen molar-refractivity contribution in [2.75, 3.05) is 31.5 Å². The van der Waals surface area contributed by atoms with Gasteiger partial charge in [0.1, 0.15) is 23.2 Å². The Balaban J connectivity index is 1.14. The van der Waals surface area contributed by atoms with E-state index in [2.05, 4.69) is 16.0 Å². The maximum absolute atomic E-state index is 14.7. The van der Waals surface area contributed by atoms with E-state index in [1.807, 2.05) is 0 Å². The van der Waals surface area contributed by atoms with Crippen LogP contribution in [0.25, 0.3) is 0 Å². The van der Waals surface area contributed by atoms with Crippen LogP contribution < -0.4 is 20.6 Å². The van der Waals surface area contributed by atoms with Gasteiger partial charge in [0.25, 0.3) is 0 Å². The highest BCUT2D eigenvalue weighted by Gasteiger charge is 2.43. The van der Waals surface area contributed by atoms with Gasteiger partial charge in [-0.2, -0.15) is 4.39 Å². The summed E-state index contributed by atoms with van der Waals surface area (Å²) in [5, 5.41) is 65.2. The zero-order chi connectivity index (χ0) is 41.6. The minimum absolute atomic E-state index is 0.0116. The third-order valence-corrected chi connectivity index (χ3v) is 10.1. The topological polar surface area (TPSA) is 262 Å². The summed E-state index contributed by atoms with van der Waals surface area (Å²) in [6.45, 7) is -0.220. The number of rotatable bonds is 7. The molecule has 302 valence electrons. The molecule has 2 fully saturated rings. The molecule has 0 spiro atoms. The largest absolute Gasteiger partial charge is 0.547 e. The average molecular weight is 825 g/mol. The molecular formula is C33H30BClF4N6O12. The van der Waals surface area contributed by atoms with E-state index in [1.165, 1.54) is 9.80 Å². The summed E-state index contributed by atoms with van der Waals surface area (Å²) in [4.78, 5) is 68.5. The van der Waals surface area contributed by atoms with Gasteiger partial charge in [-0.05, 0) is 37.0 Å². The Labute approximate surface area is 322 Å². The lowest BCUT2D eigenvalue weighted by molar-refractivity contribution is -0.123. The number of aromatic hydroxyl groups is 4. The molecule has 0 aromatic heterocycles. The van der Waals surface area contributed by atoms with Crippen LogP contribution in [-0.4, -0.2) is 121 Å². The molecule has 2 atom stereocenters. The van der Waals surface area contributed by atoms with Crippen molar-refractivity contribution < 1.29 is 76.7 Å². The molecule has 3 aliphatic heterocycles. The van der Waals surface area contributed by atoms with E-state index in [9.17, 15) is 72.1 Å². The van der Waals surface area contributed by atoms with E-state index < -0.39 is 129 Å². The first-order valence-electron chi connectivity index (χ1n) is 16.8. The second-order valence-corrected chi connectivity index (χ2v) is 13.5. The second kappa shape index (κ2) is 15.6. The van der Waals surface area contributed by atoms with E-state index in [4.69, 9.17) is 16.3 Å². The first-order valence-corrected chi connectivity index (χ1v) is 17.2. The summed E-state index contributed by atoms with van der Waals surface area (Å²) < 4.78 is 62.0. The fourth-order valence-electron chi connectivity index (χ4n) is 6.70. The monoisotopic (exact) mass is 824 g/mol. The smallest absolute Gasteiger partial charge is 0.534 e. The van der Waals surface area contributed by atoms with Gasteiger partial charge in [0.2, 0.25) is 11.7 Å². The SMILES string of the molecule is O=C(O)c1c(F)ccc2c1OB(O)[C@@H](NC(=O)C(NC(=O)N1CCN(C3CCN(C(=O)Nc4cc(O)c(F)c(O)c4F)CC3)C1=O)c1cc(F)c(O)c(O)c1Cl)C2. The molecular weight excluding hydrogens is 795 g/mol. The number of halogens is 5. The molecule has 7 amide bonds. The molecule has 3 aromatic carbocycles. The molecule has 0 aliphatic carbocycles. The van der Waals surface area contributed by atoms with Crippen molar-refractivity contribution in [2.45, 2.75) is 37.3 Å². The molecule has 3 heterocycles. The lowest BCUT2D eigenvalue weighted by Crippen LogP contribution is -2.56. The van der Waals surface area contributed by atoms with Crippen LogP contribution in [0.3, 0.4) is 0 Å². The van der Waals surface area contributed by atoms with Crippen molar-refractivity contribution in [3.05, 3.63) is 69.2 Å². The first-order chi connectivity index (χ1) is 26.9. The lowest BCUT2D eigenvalue weighted by Gasteiger charge is -2.36. The van der Waals surface area contributed by atoms with Crippen molar-refractivity contribution in [3.63, 3.8) is 0 Å². The van der Waals surface area contributed by atoms with Gasteiger partial charge in [-0.3, -0.25) is 4.79 Å². The number of aromatic carboxylic acids is 1. The number of benzene rings is 3. The zero-order valence-electron chi connectivity index (χ0n) is 28.9. The summed E-state index contributed by atoms with van der Waals surface area (Å²) in [5.74, 6) is -15.6. The van der Waals surface area contributed by atoms with Crippen LogP contribution in [0.4, 0.5) is 37.6 Å². The van der Waals surface area contributed by atoms with Gasteiger partial charge in [-0.1, -0.05) is 17.7 Å². The van der Waals surface area contributed by atoms with E-state index in [0.29, 0.717) is 17.0 Å². The summed E-state index contributed by atoms with van der Waals surface area (Å²) in [6.07, 6.45) is 0.00120. The van der Waals surface area contributed by atoms with E-state index in [0.717, 1.165) is 12.1 Å². The standard InChI is InChI=1S/C33H30BClF4N6O12/c35-21-14(10-16(37)25(47)26(21)48)24(29(50)41-19-9-12-1-2-15(36)20(30(51)52)28(12)57-34(19)56)42-32(54)45-8-7-44(33(45)55)13-3-5-43(6-4-13)31(53)40-17-11-18(46)23(39)27(49)22(17)38/h1-2,10-11,13,19,24,46-49,56H,3-9H2,(H,40,53)(H,41,50)(H,42,54)(H,51,52)/t19-,24?/m0/s1. The highest BCUT2D eigenvalue weighted by atomic mass is 35.5. The normalized spacial score (nSPS) is 17.5. The Bertz CT molecular complexity index is 2200. The summed E-state index contributed by atoms with van der Waals surface area (Å²) in [5.41, 5.74) is -2.09. The molecule has 0 saturated carbocycles. The molecule has 9 N–H and O–H groups in total. The highest BCUT2D eigenvalue weighted by molar-refractivity contribution is 6.47. The fourth-order valence-corrected chi connectivity index (χ4v) is 6.95. The molecule has 0 radical (unpaired) electrons. The number of amides is 7. The third kappa shape index (κ3) is 7.62. The fraction of sp³-hybridized carbons (Fsp3) is 0.303. The van der Waals surface area contributed by atoms with Crippen LogP contribution >= 0.6 is 11.6 Å². The molecule has 3 aromatic rings. The number of nitrogens with one attached hydrogen (secondary N) is 3. The Morgan fingerprint density at radius 3 is 2.25 bits per heavy atom. The maximum atomic E-state index is 14.7. The van der Waals surface area contributed by atoms with Crippen LogP contribution in [0.5, 0.6) is 28.7 Å². The molecule has 57 heavy (non-hydrogen) atoms. The van der Waals surface area contributed by atoms with Crippen LogP contribution in [0.1, 0.15) is 40.4 Å². The first kappa shape index (κ1) is 40.3. The maximum Gasteiger partial charge on any atom is 0.547 e. The summed E-state index contributed by atoms with van der Waals surface area (Å²) in [7, 11) is -1.98. The number of likely N-dealkylation sites (tertiary alicyclic amines) is 1. The van der Waals surface area contributed by atoms with Gasteiger partial charge < -0.3 is 61.0 Å². The summed E-state index contributed by atoms with van der Waals surface area (Å²) in [6, 6.07) is -2.36. The van der Waals surface area contributed by atoms with E-state index >= 15 is 0 Å².